The normalized spacial score (nSPS) is 13.6. The van der Waals surface area contributed by atoms with E-state index in [1.54, 1.807) is 0 Å². The summed E-state index contributed by atoms with van der Waals surface area (Å²) in [7, 11) is -35.5. The molecule has 37 heteroatoms. The number of aromatic hydroxyl groups is 3. The molecule has 0 aromatic heterocycles. The van der Waals surface area contributed by atoms with E-state index in [0.717, 1.165) is 18.2 Å². The zero-order valence-corrected chi connectivity index (χ0v) is 37.0. The third kappa shape index (κ3) is 13.7. The van der Waals surface area contributed by atoms with Gasteiger partial charge in [-0.1, -0.05) is 12.1 Å². The first-order valence-electron chi connectivity index (χ1n) is 16.2. The molecule has 30 nitrogen and oxygen atoms in total. The van der Waals surface area contributed by atoms with Gasteiger partial charge in [-0.2, -0.15) is 42.1 Å². The van der Waals surface area contributed by atoms with Crippen LogP contribution in [0.1, 0.15) is 0 Å². The number of hydrogen-bond donors (Lipinski definition) is 8. The van der Waals surface area contributed by atoms with Crippen molar-refractivity contribution in [3.8, 4) is 17.2 Å². The predicted molar refractivity (Wildman–Crippen MR) is 212 cm³/mol. The molecule has 0 saturated heterocycles. The number of phenols is 3. The summed E-state index contributed by atoms with van der Waals surface area (Å²) >= 11 is 0. The molecule has 4 aromatic rings. The van der Waals surface area contributed by atoms with Crippen LogP contribution >= 0.6 is 0 Å². The number of sulfone groups is 2. The first-order chi connectivity index (χ1) is 29.6. The molecule has 0 atom stereocenters. The van der Waals surface area contributed by atoms with E-state index in [0.29, 0.717) is 36.4 Å². The highest BCUT2D eigenvalue weighted by molar-refractivity contribution is 7.92. The second-order valence-electron chi connectivity index (χ2n) is 12.0. The van der Waals surface area contributed by atoms with Gasteiger partial charge in [0.1, 0.15) is 31.7 Å². The highest BCUT2D eigenvalue weighted by atomic mass is 32.3. The summed E-state index contributed by atoms with van der Waals surface area (Å²) in [6.07, 6.45) is 0. The maximum atomic E-state index is 12.7. The lowest BCUT2D eigenvalue weighted by molar-refractivity contribution is 0.282. The summed E-state index contributed by atoms with van der Waals surface area (Å²) in [4.78, 5) is -5.38. The average Bonchev–Trinajstić information content (AvgIpc) is 3.15. The van der Waals surface area contributed by atoms with E-state index >= 15 is 0 Å². The van der Waals surface area contributed by atoms with Gasteiger partial charge in [-0.15, -0.1) is 30.7 Å². The molecule has 0 aliphatic rings. The van der Waals surface area contributed by atoms with Gasteiger partial charge in [0.15, 0.2) is 54.0 Å². The molecule has 0 heterocycles. The number of rotatable bonds is 19. The van der Waals surface area contributed by atoms with E-state index in [1.165, 1.54) is 6.07 Å². The predicted octanol–water partition coefficient (Wildman–Crippen LogP) is 2.98. The van der Waals surface area contributed by atoms with Crippen LogP contribution < -0.4 is 0 Å². The van der Waals surface area contributed by atoms with Crippen molar-refractivity contribution in [3.05, 3.63) is 60.7 Å². The minimum atomic E-state index is -5.48. The van der Waals surface area contributed by atoms with Crippen molar-refractivity contribution in [3.63, 3.8) is 0 Å². The van der Waals surface area contributed by atoms with Crippen LogP contribution in [-0.4, -0.2) is 122 Å². The van der Waals surface area contributed by atoms with Crippen molar-refractivity contribution in [1.29, 1.82) is 0 Å². The fourth-order valence-corrected chi connectivity index (χ4v) is 9.81. The number of benzene rings is 4. The Kier molecular flexibility index (Phi) is 15.3. The molecular weight excluding hydrogens is 1030 g/mol. The van der Waals surface area contributed by atoms with Gasteiger partial charge in [-0.25, -0.2) is 25.2 Å². The van der Waals surface area contributed by atoms with Crippen LogP contribution in [0.15, 0.2) is 116 Å². The highest BCUT2D eigenvalue weighted by Gasteiger charge is 2.28. The first-order valence-corrected chi connectivity index (χ1v) is 26.5. The second kappa shape index (κ2) is 19.1. The van der Waals surface area contributed by atoms with Crippen molar-refractivity contribution in [2.24, 2.45) is 30.7 Å². The van der Waals surface area contributed by atoms with Crippen molar-refractivity contribution in [1.82, 2.24) is 0 Å². The quantitative estimate of drug-likeness (QED) is 0.0494. The van der Waals surface area contributed by atoms with E-state index in [4.69, 9.17) is 9.11 Å². The maximum absolute atomic E-state index is 12.7. The lowest BCUT2D eigenvalue weighted by atomic mass is 10.2. The zero-order valence-electron chi connectivity index (χ0n) is 31.3. The molecule has 0 aliphatic heterocycles. The smallest absolute Gasteiger partial charge is 0.397 e. The van der Waals surface area contributed by atoms with Crippen LogP contribution in [-0.2, 0) is 79.2 Å². The summed E-state index contributed by atoms with van der Waals surface area (Å²) in [5.41, 5.74) is -6.43. The Morgan fingerprint density at radius 3 is 1.02 bits per heavy atom. The monoisotopic (exact) mass is 1050 g/mol. The standard InChI is InChI=1S/C28H26N6O24S7/c35-26-23(32-29-17-3-1-2-4-20(17)61(42,43)44)27(36)25(34-31-19-8-6-16(14-22(19)63(48,49)50)60(40,41)12-10-58-65(54,55)56)28(37)24(26)33-30-18-7-5-15(13-21(18)62(45,46)47)59(38,39)11-9-57-64(51,52)53/h1-8,13-14,35-37H,9-12H2,(H,42,43,44)(H,45,46,47)(H,48,49,50)(H,51,52,53)(H,54,55,56)/b32-29+,33-30+,34-31+. The molecule has 0 amide bonds. The van der Waals surface area contributed by atoms with E-state index < -0.39 is 171 Å². The molecule has 4 aromatic carbocycles. The van der Waals surface area contributed by atoms with E-state index in [1.807, 2.05) is 0 Å². The first kappa shape index (κ1) is 52.1. The minimum Gasteiger partial charge on any atom is -0.504 e. The second-order valence-corrected chi connectivity index (χ2v) is 22.6. The topological polar surface area (TPSA) is 493 Å². The van der Waals surface area contributed by atoms with Crippen molar-refractivity contribution < 1.29 is 105 Å². The largest absolute Gasteiger partial charge is 0.504 e. The molecule has 0 aliphatic carbocycles. The molecule has 4 rings (SSSR count). The van der Waals surface area contributed by atoms with Gasteiger partial charge < -0.3 is 15.3 Å². The van der Waals surface area contributed by atoms with Crippen LogP contribution in [0.25, 0.3) is 0 Å². The van der Waals surface area contributed by atoms with Gasteiger partial charge in [-0.05, 0) is 48.5 Å². The molecule has 0 saturated carbocycles. The SMILES string of the molecule is O=S(=O)(O)OCCS(=O)(=O)c1ccc(/N=N/c2c(O)c(/N=N/c3ccccc3S(=O)(=O)O)c(O)c(/N=N/c3ccc(S(=O)(=O)CCOS(=O)(=O)O)cc3S(=O)(=O)O)c2O)c(S(=O)(=O)O)c1. The number of nitrogens with zero attached hydrogens (tertiary/aromatic N) is 6. The summed E-state index contributed by atoms with van der Waals surface area (Å²) in [5.74, 6) is -6.80. The van der Waals surface area contributed by atoms with E-state index in [2.05, 4.69) is 39.1 Å². The maximum Gasteiger partial charge on any atom is 0.397 e. The average molecular weight is 1060 g/mol. The van der Waals surface area contributed by atoms with Gasteiger partial charge in [0.2, 0.25) is 0 Å². The number of hydrogen-bond acceptors (Lipinski definition) is 25. The Bertz CT molecular complexity index is 3290. The molecule has 8 N–H and O–H groups in total. The minimum absolute atomic E-state index is 0.297. The van der Waals surface area contributed by atoms with Crippen molar-refractivity contribution >= 4 is 105 Å². The summed E-state index contributed by atoms with van der Waals surface area (Å²) in [6.45, 7) is -2.32. The Hall–Kier alpha value is -5.55. The van der Waals surface area contributed by atoms with Gasteiger partial charge in [0, 0.05) is 0 Å². The van der Waals surface area contributed by atoms with Gasteiger partial charge in [-0.3, -0.25) is 22.8 Å². The Morgan fingerprint density at radius 1 is 0.400 bits per heavy atom. The fraction of sp³-hybridized carbons (Fsp3) is 0.143. The lowest BCUT2D eigenvalue weighted by Gasteiger charge is -2.11. The van der Waals surface area contributed by atoms with E-state index in [-0.39, 0.29) is 0 Å². The molecular formula is C28H26N6O24S7. The highest BCUT2D eigenvalue weighted by Crippen LogP contribution is 2.57. The molecule has 65 heavy (non-hydrogen) atoms. The molecule has 0 radical (unpaired) electrons. The summed E-state index contributed by atoms with van der Waals surface area (Å²) < 4.78 is 222. The molecule has 354 valence electrons. The number of azo groups is 3. The number of phenolic OH excluding ortho intramolecular Hbond substituents is 3. The summed E-state index contributed by atoms with van der Waals surface area (Å²) in [6, 6.07) is 7.15. The Labute approximate surface area is 366 Å². The fourth-order valence-electron chi connectivity index (χ4n) is 4.71. The third-order valence-corrected chi connectivity index (χ3v) is 14.5. The van der Waals surface area contributed by atoms with E-state index in [9.17, 15) is 87.9 Å². The van der Waals surface area contributed by atoms with Gasteiger partial charge in [0.05, 0.1) is 34.5 Å². The van der Waals surface area contributed by atoms with Crippen LogP contribution in [0.5, 0.6) is 17.2 Å². The Morgan fingerprint density at radius 2 is 0.708 bits per heavy atom. The van der Waals surface area contributed by atoms with Crippen molar-refractivity contribution in [2.75, 3.05) is 24.7 Å². The van der Waals surface area contributed by atoms with Crippen molar-refractivity contribution in [2.45, 2.75) is 24.5 Å². The van der Waals surface area contributed by atoms with Crippen LogP contribution in [0, 0.1) is 0 Å². The molecule has 0 unspecified atom stereocenters. The van der Waals surface area contributed by atoms with Gasteiger partial charge in [0.25, 0.3) is 30.4 Å². The molecule has 0 bridgehead atoms. The zero-order chi connectivity index (χ0) is 49.1. The van der Waals surface area contributed by atoms with Gasteiger partial charge >= 0.3 is 20.8 Å². The Balaban J connectivity index is 1.95. The lowest BCUT2D eigenvalue weighted by Crippen LogP contribution is -2.16. The molecule has 0 fully saturated rings. The van der Waals surface area contributed by atoms with Crippen LogP contribution in [0.3, 0.4) is 0 Å². The molecule has 0 spiro atoms. The summed E-state index contributed by atoms with van der Waals surface area (Å²) in [5, 5.41) is 54.2. The van der Waals surface area contributed by atoms with Crippen LogP contribution in [0.2, 0.25) is 0 Å². The third-order valence-electron chi connectivity index (χ3n) is 7.57. The van der Waals surface area contributed by atoms with Crippen LogP contribution in [0.4, 0.5) is 34.1 Å².